The molecule has 2 rings (SSSR count). The van der Waals surface area contributed by atoms with Crippen LogP contribution in [0.1, 0.15) is 0 Å². The number of hydrogen-bond acceptors (Lipinski definition) is 4. The molecule has 110 valence electrons. The van der Waals surface area contributed by atoms with Crippen LogP contribution in [-0.2, 0) is 14.6 Å². The fourth-order valence-corrected chi connectivity index (χ4v) is 3.47. The summed E-state index contributed by atoms with van der Waals surface area (Å²) in [7, 11) is -3.80. The van der Waals surface area contributed by atoms with Crippen LogP contribution in [0, 0.1) is 0 Å². The van der Waals surface area contributed by atoms with Crippen molar-refractivity contribution in [3.05, 3.63) is 53.6 Å². The van der Waals surface area contributed by atoms with Gasteiger partial charge in [0, 0.05) is 11.4 Å². The van der Waals surface area contributed by atoms with Gasteiger partial charge in [-0.15, -0.1) is 0 Å². The Morgan fingerprint density at radius 2 is 1.86 bits per heavy atom. The quantitative estimate of drug-likeness (QED) is 0.845. The normalized spacial score (nSPS) is 11.1. The van der Waals surface area contributed by atoms with E-state index in [-0.39, 0.29) is 9.92 Å². The lowest BCUT2D eigenvalue weighted by atomic mass is 10.3. The number of carbonyl (C=O) groups is 1. The second-order valence-corrected chi connectivity index (χ2v) is 6.73. The molecular weight excluding hydrogens is 312 g/mol. The highest BCUT2D eigenvalue weighted by molar-refractivity contribution is 7.92. The van der Waals surface area contributed by atoms with Crippen LogP contribution in [0.4, 0.5) is 11.4 Å². The number of nitrogens with one attached hydrogen (secondary N) is 1. The zero-order valence-electron chi connectivity index (χ0n) is 10.9. The molecule has 7 heteroatoms. The minimum Gasteiger partial charge on any atom is -0.399 e. The highest BCUT2D eigenvalue weighted by Gasteiger charge is 2.21. The van der Waals surface area contributed by atoms with Crippen molar-refractivity contribution < 1.29 is 13.2 Å². The maximum atomic E-state index is 12.2. The van der Waals surface area contributed by atoms with Gasteiger partial charge in [-0.1, -0.05) is 29.8 Å². The third-order valence-electron chi connectivity index (χ3n) is 2.66. The van der Waals surface area contributed by atoms with Gasteiger partial charge in [0.25, 0.3) is 0 Å². The van der Waals surface area contributed by atoms with E-state index in [0.717, 1.165) is 0 Å². The van der Waals surface area contributed by atoms with E-state index in [1.807, 2.05) is 0 Å². The summed E-state index contributed by atoms with van der Waals surface area (Å²) in [6.07, 6.45) is 0. The average Bonchev–Trinajstić information content (AvgIpc) is 2.38. The van der Waals surface area contributed by atoms with Gasteiger partial charge in [-0.3, -0.25) is 4.79 Å². The van der Waals surface area contributed by atoms with E-state index in [0.29, 0.717) is 11.4 Å². The first-order valence-corrected chi connectivity index (χ1v) is 8.04. The van der Waals surface area contributed by atoms with Crippen molar-refractivity contribution in [3.8, 4) is 0 Å². The monoisotopic (exact) mass is 324 g/mol. The van der Waals surface area contributed by atoms with Crippen molar-refractivity contribution >= 4 is 38.7 Å². The molecule has 0 saturated heterocycles. The topological polar surface area (TPSA) is 89.3 Å². The molecule has 0 aliphatic rings. The summed E-state index contributed by atoms with van der Waals surface area (Å²) >= 11 is 5.85. The van der Waals surface area contributed by atoms with E-state index in [4.69, 9.17) is 17.3 Å². The summed E-state index contributed by atoms with van der Waals surface area (Å²) in [6.45, 7) is 0. The standard InChI is InChI=1S/C14H13ClN2O3S/c15-12-6-1-2-7-13(12)21(19,20)9-14(18)17-11-5-3-4-10(16)8-11/h1-8H,9,16H2,(H,17,18). The van der Waals surface area contributed by atoms with Crippen LogP contribution < -0.4 is 11.1 Å². The molecule has 0 radical (unpaired) electrons. The predicted octanol–water partition coefficient (Wildman–Crippen LogP) is 2.33. The highest BCUT2D eigenvalue weighted by Crippen LogP contribution is 2.22. The number of nitrogens with two attached hydrogens (primary N) is 1. The maximum absolute atomic E-state index is 12.2. The Hall–Kier alpha value is -2.05. The third-order valence-corrected chi connectivity index (χ3v) is 4.77. The third kappa shape index (κ3) is 3.96. The van der Waals surface area contributed by atoms with Gasteiger partial charge in [-0.2, -0.15) is 0 Å². The molecule has 0 saturated carbocycles. The Labute approximate surface area is 127 Å². The van der Waals surface area contributed by atoms with Crippen LogP contribution in [0.25, 0.3) is 0 Å². The zero-order valence-corrected chi connectivity index (χ0v) is 12.5. The number of carbonyl (C=O) groups excluding carboxylic acids is 1. The predicted molar refractivity (Wildman–Crippen MR) is 83.0 cm³/mol. The van der Waals surface area contributed by atoms with Crippen molar-refractivity contribution in [2.45, 2.75) is 4.90 Å². The fourth-order valence-electron chi connectivity index (χ4n) is 1.76. The Morgan fingerprint density at radius 1 is 1.14 bits per heavy atom. The average molecular weight is 325 g/mol. The molecule has 2 aromatic carbocycles. The molecular formula is C14H13ClN2O3S. The van der Waals surface area contributed by atoms with E-state index in [1.165, 1.54) is 12.1 Å². The molecule has 0 atom stereocenters. The molecule has 0 aliphatic heterocycles. The molecule has 1 amide bonds. The summed E-state index contributed by atoms with van der Waals surface area (Å²) < 4.78 is 24.3. The minimum atomic E-state index is -3.80. The molecule has 5 nitrogen and oxygen atoms in total. The van der Waals surface area contributed by atoms with E-state index < -0.39 is 21.5 Å². The van der Waals surface area contributed by atoms with E-state index >= 15 is 0 Å². The number of anilines is 2. The Morgan fingerprint density at radius 3 is 2.52 bits per heavy atom. The van der Waals surface area contributed by atoms with E-state index in [9.17, 15) is 13.2 Å². The van der Waals surface area contributed by atoms with Gasteiger partial charge in [-0.05, 0) is 30.3 Å². The second kappa shape index (κ2) is 6.15. The minimum absolute atomic E-state index is 0.0607. The smallest absolute Gasteiger partial charge is 0.239 e. The summed E-state index contributed by atoms with van der Waals surface area (Å²) in [5.74, 6) is -1.34. The lowest BCUT2D eigenvalue weighted by Crippen LogP contribution is -2.23. The van der Waals surface area contributed by atoms with Gasteiger partial charge in [0.2, 0.25) is 5.91 Å². The van der Waals surface area contributed by atoms with Crippen LogP contribution in [0.2, 0.25) is 5.02 Å². The molecule has 0 spiro atoms. The highest BCUT2D eigenvalue weighted by atomic mass is 35.5. The van der Waals surface area contributed by atoms with Crippen molar-refractivity contribution in [2.24, 2.45) is 0 Å². The summed E-state index contributed by atoms with van der Waals surface area (Å²) in [6, 6.07) is 12.5. The van der Waals surface area contributed by atoms with Crippen molar-refractivity contribution in [3.63, 3.8) is 0 Å². The van der Waals surface area contributed by atoms with Gasteiger partial charge < -0.3 is 11.1 Å². The number of nitrogen functional groups attached to an aromatic ring is 1. The van der Waals surface area contributed by atoms with Crippen LogP contribution in [-0.4, -0.2) is 20.1 Å². The van der Waals surface area contributed by atoms with Gasteiger partial charge in [0.15, 0.2) is 9.84 Å². The first-order chi connectivity index (χ1) is 9.88. The summed E-state index contributed by atoms with van der Waals surface area (Å²) in [5, 5.41) is 2.58. The molecule has 0 bridgehead atoms. The molecule has 0 fully saturated rings. The van der Waals surface area contributed by atoms with Gasteiger partial charge >= 0.3 is 0 Å². The van der Waals surface area contributed by atoms with Crippen molar-refractivity contribution in [2.75, 3.05) is 16.8 Å². The molecule has 2 aromatic rings. The summed E-state index contributed by atoms with van der Waals surface area (Å²) in [4.78, 5) is 11.8. The second-order valence-electron chi connectivity index (χ2n) is 4.36. The number of halogens is 1. The molecule has 3 N–H and O–H groups in total. The summed E-state index contributed by atoms with van der Waals surface area (Å²) in [5.41, 5.74) is 6.50. The first-order valence-electron chi connectivity index (χ1n) is 6.01. The first kappa shape index (κ1) is 15.3. The molecule has 21 heavy (non-hydrogen) atoms. The maximum Gasteiger partial charge on any atom is 0.239 e. The van der Waals surface area contributed by atoms with Gasteiger partial charge in [-0.25, -0.2) is 8.42 Å². The molecule has 0 heterocycles. The molecule has 0 aromatic heterocycles. The van der Waals surface area contributed by atoms with Gasteiger partial charge in [0.1, 0.15) is 5.75 Å². The fraction of sp³-hybridized carbons (Fsp3) is 0.0714. The molecule has 0 unspecified atom stereocenters. The zero-order chi connectivity index (χ0) is 15.5. The largest absolute Gasteiger partial charge is 0.399 e. The Bertz CT molecular complexity index is 775. The van der Waals surface area contributed by atoms with Crippen LogP contribution in [0.3, 0.4) is 0 Å². The number of sulfone groups is 1. The van der Waals surface area contributed by atoms with Crippen LogP contribution >= 0.6 is 11.6 Å². The Kier molecular flexibility index (Phi) is 4.50. The van der Waals surface area contributed by atoms with Crippen LogP contribution in [0.15, 0.2) is 53.4 Å². The van der Waals surface area contributed by atoms with E-state index in [2.05, 4.69) is 5.32 Å². The van der Waals surface area contributed by atoms with Crippen molar-refractivity contribution in [1.82, 2.24) is 0 Å². The number of hydrogen-bond donors (Lipinski definition) is 2. The lowest BCUT2D eigenvalue weighted by Gasteiger charge is -2.08. The van der Waals surface area contributed by atoms with Crippen LogP contribution in [0.5, 0.6) is 0 Å². The Balaban J connectivity index is 2.14. The van der Waals surface area contributed by atoms with Gasteiger partial charge in [0.05, 0.1) is 9.92 Å². The van der Waals surface area contributed by atoms with Crippen molar-refractivity contribution in [1.29, 1.82) is 0 Å². The number of amides is 1. The lowest BCUT2D eigenvalue weighted by molar-refractivity contribution is -0.113. The SMILES string of the molecule is Nc1cccc(NC(=O)CS(=O)(=O)c2ccccc2Cl)c1. The number of rotatable bonds is 4. The molecule has 0 aliphatic carbocycles. The number of benzene rings is 2. The van der Waals surface area contributed by atoms with E-state index in [1.54, 1.807) is 36.4 Å².